The van der Waals surface area contributed by atoms with Crippen LogP contribution in [0.3, 0.4) is 0 Å². The number of rotatable bonds is 6. The molecule has 0 atom stereocenters. The van der Waals surface area contributed by atoms with Gasteiger partial charge in [0.15, 0.2) is 0 Å². The molecule has 4 aromatic carbocycles. The Morgan fingerprint density at radius 1 is 0.833 bits per heavy atom. The molecule has 2 amide bonds. The third-order valence-corrected chi connectivity index (χ3v) is 6.54. The normalized spacial score (nSPS) is 11.6. The van der Waals surface area contributed by atoms with Crippen LogP contribution in [0.15, 0.2) is 103 Å². The van der Waals surface area contributed by atoms with Crippen LogP contribution in [0.25, 0.3) is 27.9 Å². The third kappa shape index (κ3) is 4.74. The first-order valence-corrected chi connectivity index (χ1v) is 12.0. The summed E-state index contributed by atoms with van der Waals surface area (Å²) in [5.74, 6) is -0.766. The minimum absolute atomic E-state index is 0.149. The van der Waals surface area contributed by atoms with E-state index in [9.17, 15) is 9.59 Å². The van der Waals surface area contributed by atoms with Gasteiger partial charge in [0.2, 0.25) is 0 Å². The van der Waals surface area contributed by atoms with E-state index >= 15 is 0 Å². The Morgan fingerprint density at radius 3 is 2.33 bits per heavy atom. The Hall–Kier alpha value is -4.35. The van der Waals surface area contributed by atoms with Crippen molar-refractivity contribution in [3.63, 3.8) is 0 Å². The molecule has 2 N–H and O–H groups in total. The number of hydrogen-bond acceptors (Lipinski definition) is 2. The van der Waals surface area contributed by atoms with E-state index in [0.717, 1.165) is 32.9 Å². The van der Waals surface area contributed by atoms with E-state index < -0.39 is 5.91 Å². The van der Waals surface area contributed by atoms with Crippen LogP contribution in [0.1, 0.15) is 21.5 Å². The van der Waals surface area contributed by atoms with Gasteiger partial charge in [-0.1, -0.05) is 72.3 Å². The van der Waals surface area contributed by atoms with Gasteiger partial charge in [-0.15, -0.1) is 0 Å². The highest BCUT2D eigenvalue weighted by Crippen LogP contribution is 2.29. The molecule has 5 aromatic rings. The first-order valence-electron chi connectivity index (χ1n) is 11.6. The minimum atomic E-state index is -0.405. The van der Waals surface area contributed by atoms with Crippen LogP contribution in [0.4, 0.5) is 0 Å². The fraction of sp³-hybridized carbons (Fsp3) is 0.0667. The average molecular weight is 494 g/mol. The Labute approximate surface area is 214 Å². The van der Waals surface area contributed by atoms with E-state index in [2.05, 4.69) is 27.3 Å². The van der Waals surface area contributed by atoms with Crippen molar-refractivity contribution in [2.75, 3.05) is 0 Å². The van der Waals surface area contributed by atoms with Gasteiger partial charge < -0.3 is 15.2 Å². The molecule has 36 heavy (non-hydrogen) atoms. The third-order valence-electron chi connectivity index (χ3n) is 6.17. The van der Waals surface area contributed by atoms with E-state index in [1.54, 1.807) is 36.4 Å². The molecule has 0 aliphatic heterocycles. The van der Waals surface area contributed by atoms with Crippen LogP contribution in [-0.4, -0.2) is 16.4 Å². The summed E-state index contributed by atoms with van der Waals surface area (Å²) >= 11 is 6.25. The molecule has 5 nitrogen and oxygen atoms in total. The summed E-state index contributed by atoms with van der Waals surface area (Å²) in [6.07, 6.45) is 1.70. The van der Waals surface area contributed by atoms with Gasteiger partial charge >= 0.3 is 0 Å². The van der Waals surface area contributed by atoms with Crippen molar-refractivity contribution in [3.8, 4) is 0 Å². The number of hydrogen-bond donors (Lipinski definition) is 2. The quantitative estimate of drug-likeness (QED) is 0.282. The molecule has 5 rings (SSSR count). The van der Waals surface area contributed by atoms with Crippen molar-refractivity contribution in [1.29, 1.82) is 0 Å². The Kier molecular flexibility index (Phi) is 6.56. The Bertz CT molecular complexity index is 1620. The molecule has 0 saturated carbocycles. The lowest BCUT2D eigenvalue weighted by Gasteiger charge is -2.12. The molecule has 6 heteroatoms. The molecule has 1 heterocycles. The van der Waals surface area contributed by atoms with Gasteiger partial charge in [-0.3, -0.25) is 9.59 Å². The zero-order valence-electron chi connectivity index (χ0n) is 19.7. The summed E-state index contributed by atoms with van der Waals surface area (Å²) in [6.45, 7) is 0.236. The topological polar surface area (TPSA) is 63.1 Å². The van der Waals surface area contributed by atoms with Crippen molar-refractivity contribution in [2.45, 2.75) is 6.54 Å². The fourth-order valence-electron chi connectivity index (χ4n) is 4.30. The van der Waals surface area contributed by atoms with Gasteiger partial charge in [0.05, 0.1) is 0 Å². The summed E-state index contributed by atoms with van der Waals surface area (Å²) in [5, 5.41) is 8.44. The zero-order chi connectivity index (χ0) is 25.1. The molecule has 0 bridgehead atoms. The number of carbonyl (C=O) groups is 2. The maximum atomic E-state index is 13.2. The number of aromatic nitrogens is 1. The number of nitrogens with one attached hydrogen (secondary N) is 2. The van der Waals surface area contributed by atoms with Crippen LogP contribution in [0, 0.1) is 0 Å². The highest BCUT2D eigenvalue weighted by Gasteiger charge is 2.16. The maximum Gasteiger partial charge on any atom is 0.268 e. The molecule has 0 radical (unpaired) electrons. The first-order chi connectivity index (χ1) is 17.5. The second kappa shape index (κ2) is 10.1. The molecule has 0 unspecified atom stereocenters. The number of fused-ring (bicyclic) bond motifs is 3. The van der Waals surface area contributed by atoms with Crippen LogP contribution in [0.5, 0.6) is 0 Å². The number of aryl methyl sites for hydroxylation is 1. The second-order valence-electron chi connectivity index (χ2n) is 8.51. The number of carbonyl (C=O) groups excluding carboxylic acids is 2. The van der Waals surface area contributed by atoms with Crippen LogP contribution in [0.2, 0.25) is 5.02 Å². The average Bonchev–Trinajstić information content (AvgIpc) is 3.19. The first kappa shape index (κ1) is 23.4. The summed E-state index contributed by atoms with van der Waals surface area (Å²) in [7, 11) is 2.04. The Balaban J connectivity index is 1.50. The Morgan fingerprint density at radius 2 is 1.53 bits per heavy atom. The standard InChI is InChI=1S/C30H24ClN3O2/c1-34-27-14-8-6-12-23(27)24-17-20(15-16-28(24)34)18-26(33-29(35)21-9-3-2-4-10-21)30(36)32-19-22-11-5-7-13-25(22)31/h2-18H,19H2,1H3,(H,32,36)(H,33,35)/b26-18-. The highest BCUT2D eigenvalue weighted by atomic mass is 35.5. The van der Waals surface area contributed by atoms with Gasteiger partial charge in [0, 0.05) is 46.0 Å². The summed E-state index contributed by atoms with van der Waals surface area (Å²) in [6, 6.07) is 30.3. The van der Waals surface area contributed by atoms with E-state index in [-0.39, 0.29) is 18.1 Å². The number of nitrogens with zero attached hydrogens (tertiary/aromatic N) is 1. The van der Waals surface area contributed by atoms with E-state index in [1.807, 2.05) is 61.6 Å². The number of para-hydroxylation sites is 1. The smallest absolute Gasteiger partial charge is 0.268 e. The number of halogens is 1. The van der Waals surface area contributed by atoms with Gasteiger partial charge in [-0.2, -0.15) is 0 Å². The predicted molar refractivity (Wildman–Crippen MR) is 146 cm³/mol. The summed E-state index contributed by atoms with van der Waals surface area (Å²) in [4.78, 5) is 26.2. The minimum Gasteiger partial charge on any atom is -0.347 e. The SMILES string of the molecule is Cn1c2ccccc2c2cc(/C=C(\NC(=O)c3ccccc3)C(=O)NCc3ccccc3Cl)ccc21. The van der Waals surface area contributed by atoms with Crippen molar-refractivity contribution >= 4 is 51.3 Å². The molecular weight excluding hydrogens is 470 g/mol. The fourth-order valence-corrected chi connectivity index (χ4v) is 4.50. The van der Waals surface area contributed by atoms with Crippen LogP contribution in [-0.2, 0) is 18.4 Å². The number of benzene rings is 4. The molecule has 0 aliphatic carbocycles. The summed E-state index contributed by atoms with van der Waals surface area (Å²) < 4.78 is 2.15. The van der Waals surface area contributed by atoms with E-state index in [1.165, 1.54) is 0 Å². The van der Waals surface area contributed by atoms with Gasteiger partial charge in [0.25, 0.3) is 11.8 Å². The van der Waals surface area contributed by atoms with Crippen molar-refractivity contribution < 1.29 is 9.59 Å². The molecule has 0 fully saturated rings. The van der Waals surface area contributed by atoms with Crippen LogP contribution >= 0.6 is 11.6 Å². The van der Waals surface area contributed by atoms with Crippen molar-refractivity contribution in [1.82, 2.24) is 15.2 Å². The largest absolute Gasteiger partial charge is 0.347 e. The predicted octanol–water partition coefficient (Wildman–Crippen LogP) is 6.07. The lowest BCUT2D eigenvalue weighted by atomic mass is 10.1. The van der Waals surface area contributed by atoms with Gasteiger partial charge in [0.1, 0.15) is 5.70 Å². The summed E-state index contributed by atoms with van der Waals surface area (Å²) in [5.41, 5.74) is 4.42. The molecular formula is C30H24ClN3O2. The van der Waals surface area contributed by atoms with Crippen LogP contribution < -0.4 is 10.6 Å². The zero-order valence-corrected chi connectivity index (χ0v) is 20.4. The second-order valence-corrected chi connectivity index (χ2v) is 8.91. The molecule has 0 aliphatic rings. The van der Waals surface area contributed by atoms with Crippen molar-refractivity contribution in [2.24, 2.45) is 7.05 Å². The lowest BCUT2D eigenvalue weighted by molar-refractivity contribution is -0.117. The molecule has 0 saturated heterocycles. The van der Waals surface area contributed by atoms with E-state index in [4.69, 9.17) is 11.6 Å². The van der Waals surface area contributed by atoms with Gasteiger partial charge in [-0.05, 0) is 53.6 Å². The lowest BCUT2D eigenvalue weighted by Crippen LogP contribution is -2.34. The van der Waals surface area contributed by atoms with Gasteiger partial charge in [-0.25, -0.2) is 0 Å². The number of amides is 2. The maximum absolute atomic E-state index is 13.2. The molecule has 1 aromatic heterocycles. The molecule has 0 spiro atoms. The highest BCUT2D eigenvalue weighted by molar-refractivity contribution is 6.31. The monoisotopic (exact) mass is 493 g/mol. The van der Waals surface area contributed by atoms with E-state index in [0.29, 0.717) is 10.6 Å². The molecule has 178 valence electrons. The van der Waals surface area contributed by atoms with Crippen molar-refractivity contribution in [3.05, 3.63) is 124 Å².